The minimum atomic E-state index is 0.288. The standard InChI is InChI=1S/C20H29N7O/c1-26-8-3-16(4-9-26)27-13-14(12-24-27)19(22)18-17(21)2-7-23-20(18)25-15-5-10-28-11-6-15/h2,7,12-13,15-16,22H,3-6,8-11H2,1H3,(H3,21,23,25). The summed E-state index contributed by atoms with van der Waals surface area (Å²) in [6.45, 7) is 3.64. The van der Waals surface area contributed by atoms with E-state index < -0.39 is 0 Å². The highest BCUT2D eigenvalue weighted by Crippen LogP contribution is 2.27. The van der Waals surface area contributed by atoms with Gasteiger partial charge in [0.1, 0.15) is 5.82 Å². The van der Waals surface area contributed by atoms with Gasteiger partial charge in [-0.25, -0.2) is 4.98 Å². The molecule has 0 aliphatic carbocycles. The molecule has 0 radical (unpaired) electrons. The number of aromatic nitrogens is 3. The van der Waals surface area contributed by atoms with Crippen LogP contribution >= 0.6 is 0 Å². The maximum absolute atomic E-state index is 8.78. The number of hydrogen-bond acceptors (Lipinski definition) is 7. The van der Waals surface area contributed by atoms with Gasteiger partial charge in [0.15, 0.2) is 0 Å². The second-order valence-corrected chi connectivity index (χ2v) is 7.77. The molecule has 8 heteroatoms. The zero-order chi connectivity index (χ0) is 19.5. The highest BCUT2D eigenvalue weighted by molar-refractivity contribution is 6.16. The van der Waals surface area contributed by atoms with E-state index >= 15 is 0 Å². The minimum absolute atomic E-state index is 0.288. The first-order valence-corrected chi connectivity index (χ1v) is 10.0. The van der Waals surface area contributed by atoms with Gasteiger partial charge in [-0.1, -0.05) is 0 Å². The lowest BCUT2D eigenvalue weighted by molar-refractivity contribution is 0.0904. The third-order valence-corrected chi connectivity index (χ3v) is 5.75. The number of nitrogens with zero attached hydrogens (tertiary/aromatic N) is 4. The van der Waals surface area contributed by atoms with Crippen LogP contribution < -0.4 is 11.1 Å². The Morgan fingerprint density at radius 2 is 2.00 bits per heavy atom. The molecule has 2 aromatic heterocycles. The second-order valence-electron chi connectivity index (χ2n) is 7.77. The highest BCUT2D eigenvalue weighted by atomic mass is 16.5. The van der Waals surface area contributed by atoms with Gasteiger partial charge < -0.3 is 20.7 Å². The number of nitrogens with two attached hydrogens (primary N) is 1. The molecule has 2 aromatic rings. The summed E-state index contributed by atoms with van der Waals surface area (Å²) in [5.41, 5.74) is 8.59. The third-order valence-electron chi connectivity index (χ3n) is 5.75. The predicted octanol–water partition coefficient (Wildman–Crippen LogP) is 2.13. The summed E-state index contributed by atoms with van der Waals surface area (Å²) in [6, 6.07) is 2.43. The quantitative estimate of drug-likeness (QED) is 0.683. The van der Waals surface area contributed by atoms with Crippen molar-refractivity contribution in [2.24, 2.45) is 0 Å². The van der Waals surface area contributed by atoms with Crippen LogP contribution in [0.3, 0.4) is 0 Å². The number of likely N-dealkylation sites (tertiary alicyclic amines) is 1. The molecule has 150 valence electrons. The Hall–Kier alpha value is -2.45. The average molecular weight is 384 g/mol. The first kappa shape index (κ1) is 18.9. The van der Waals surface area contributed by atoms with Crippen molar-refractivity contribution >= 4 is 17.2 Å². The minimum Gasteiger partial charge on any atom is -0.398 e. The summed E-state index contributed by atoms with van der Waals surface area (Å²) in [4.78, 5) is 6.82. The van der Waals surface area contributed by atoms with Crippen molar-refractivity contribution in [1.29, 1.82) is 5.41 Å². The Labute approximate surface area is 165 Å². The number of anilines is 2. The lowest BCUT2D eigenvalue weighted by atomic mass is 10.0. The molecule has 0 saturated carbocycles. The van der Waals surface area contributed by atoms with E-state index in [1.165, 1.54) is 0 Å². The van der Waals surface area contributed by atoms with Gasteiger partial charge in [0.05, 0.1) is 23.5 Å². The summed E-state index contributed by atoms with van der Waals surface area (Å²) < 4.78 is 7.44. The number of hydrogen-bond donors (Lipinski definition) is 3. The Kier molecular flexibility index (Phi) is 5.59. The molecule has 2 saturated heterocycles. The van der Waals surface area contributed by atoms with Gasteiger partial charge in [0.25, 0.3) is 0 Å². The molecular weight excluding hydrogens is 354 g/mol. The zero-order valence-corrected chi connectivity index (χ0v) is 16.4. The van der Waals surface area contributed by atoms with E-state index in [-0.39, 0.29) is 6.04 Å². The van der Waals surface area contributed by atoms with E-state index in [1.807, 2.05) is 10.9 Å². The number of piperidine rings is 1. The van der Waals surface area contributed by atoms with Gasteiger partial charge in [-0.15, -0.1) is 0 Å². The van der Waals surface area contributed by atoms with Crippen LogP contribution in [0.5, 0.6) is 0 Å². The smallest absolute Gasteiger partial charge is 0.137 e. The number of nitrogen functional groups attached to an aromatic ring is 1. The van der Waals surface area contributed by atoms with Gasteiger partial charge in [0, 0.05) is 42.9 Å². The summed E-state index contributed by atoms with van der Waals surface area (Å²) in [5.74, 6) is 0.670. The maximum Gasteiger partial charge on any atom is 0.137 e. The van der Waals surface area contributed by atoms with Crippen molar-refractivity contribution in [2.45, 2.75) is 37.8 Å². The number of rotatable bonds is 5. The topological polar surface area (TPSA) is 105 Å². The summed E-state index contributed by atoms with van der Waals surface area (Å²) in [5, 5.41) is 16.8. The van der Waals surface area contributed by atoms with Crippen LogP contribution in [0.4, 0.5) is 11.5 Å². The maximum atomic E-state index is 8.78. The lowest BCUT2D eigenvalue weighted by Gasteiger charge is -2.29. The molecule has 2 aliphatic heterocycles. The number of nitrogens with one attached hydrogen (secondary N) is 2. The first-order chi connectivity index (χ1) is 13.6. The lowest BCUT2D eigenvalue weighted by Crippen LogP contribution is -2.31. The van der Waals surface area contributed by atoms with E-state index in [9.17, 15) is 0 Å². The van der Waals surface area contributed by atoms with Crippen molar-refractivity contribution in [3.8, 4) is 0 Å². The van der Waals surface area contributed by atoms with Crippen LogP contribution in [0.15, 0.2) is 24.7 Å². The summed E-state index contributed by atoms with van der Waals surface area (Å²) >= 11 is 0. The van der Waals surface area contributed by atoms with Crippen molar-refractivity contribution in [1.82, 2.24) is 19.7 Å². The molecule has 4 heterocycles. The Morgan fingerprint density at radius 1 is 1.25 bits per heavy atom. The van der Waals surface area contributed by atoms with Gasteiger partial charge >= 0.3 is 0 Å². The van der Waals surface area contributed by atoms with E-state index in [4.69, 9.17) is 15.9 Å². The fourth-order valence-corrected chi connectivity index (χ4v) is 3.95. The van der Waals surface area contributed by atoms with E-state index in [2.05, 4.69) is 27.3 Å². The third kappa shape index (κ3) is 4.02. The van der Waals surface area contributed by atoms with Gasteiger partial charge in [-0.2, -0.15) is 5.10 Å². The Bertz CT molecular complexity index is 820. The zero-order valence-electron chi connectivity index (χ0n) is 16.4. The molecule has 0 bridgehead atoms. The monoisotopic (exact) mass is 383 g/mol. The largest absolute Gasteiger partial charge is 0.398 e. The molecule has 28 heavy (non-hydrogen) atoms. The summed E-state index contributed by atoms with van der Waals surface area (Å²) in [7, 11) is 2.15. The molecular formula is C20H29N7O. The van der Waals surface area contributed by atoms with E-state index in [0.29, 0.717) is 28.8 Å². The van der Waals surface area contributed by atoms with Crippen LogP contribution in [-0.2, 0) is 4.74 Å². The van der Waals surface area contributed by atoms with Crippen molar-refractivity contribution in [3.63, 3.8) is 0 Å². The number of ether oxygens (including phenoxy) is 1. The van der Waals surface area contributed by atoms with Gasteiger partial charge in [-0.3, -0.25) is 10.1 Å². The Morgan fingerprint density at radius 3 is 2.75 bits per heavy atom. The molecule has 0 unspecified atom stereocenters. The van der Waals surface area contributed by atoms with Crippen LogP contribution in [0.1, 0.15) is 42.9 Å². The van der Waals surface area contributed by atoms with Crippen LogP contribution in [0, 0.1) is 5.41 Å². The average Bonchev–Trinajstić information content (AvgIpc) is 3.19. The molecule has 0 amide bonds. The molecule has 4 N–H and O–H groups in total. The fourth-order valence-electron chi connectivity index (χ4n) is 3.95. The van der Waals surface area contributed by atoms with Crippen LogP contribution in [-0.4, -0.2) is 64.8 Å². The van der Waals surface area contributed by atoms with Crippen LogP contribution in [0.25, 0.3) is 0 Å². The SMILES string of the molecule is CN1CCC(n2cc(C(=N)c3c(N)ccnc3NC3CCOCC3)cn2)CC1. The fraction of sp³-hybridized carbons (Fsp3) is 0.550. The molecule has 2 fully saturated rings. The molecule has 8 nitrogen and oxygen atoms in total. The van der Waals surface area contributed by atoms with Crippen molar-refractivity contribution in [3.05, 3.63) is 35.8 Å². The molecule has 4 rings (SSSR count). The number of pyridine rings is 1. The molecule has 2 aliphatic rings. The molecule has 0 spiro atoms. The van der Waals surface area contributed by atoms with Crippen molar-refractivity contribution < 1.29 is 4.74 Å². The summed E-state index contributed by atoms with van der Waals surface area (Å²) in [6.07, 6.45) is 9.45. The molecule has 0 atom stereocenters. The van der Waals surface area contributed by atoms with Gasteiger partial charge in [0.2, 0.25) is 0 Å². The van der Waals surface area contributed by atoms with E-state index in [1.54, 1.807) is 18.5 Å². The first-order valence-electron chi connectivity index (χ1n) is 10.0. The normalized spacial score (nSPS) is 19.6. The van der Waals surface area contributed by atoms with Crippen molar-refractivity contribution in [2.75, 3.05) is 44.4 Å². The predicted molar refractivity (Wildman–Crippen MR) is 110 cm³/mol. The molecule has 0 aromatic carbocycles. The van der Waals surface area contributed by atoms with Gasteiger partial charge in [-0.05, 0) is 51.9 Å². The second kappa shape index (κ2) is 8.28. The highest BCUT2D eigenvalue weighted by Gasteiger charge is 2.23. The Balaban J connectivity index is 1.54. The van der Waals surface area contributed by atoms with E-state index in [0.717, 1.165) is 57.6 Å². The van der Waals surface area contributed by atoms with Crippen LogP contribution in [0.2, 0.25) is 0 Å².